The number of amides is 1. The molecule has 5 rings (SSSR count). The van der Waals surface area contributed by atoms with Gasteiger partial charge in [0.1, 0.15) is 22.7 Å². The number of nitrogens with one attached hydrogen (secondary N) is 1. The highest BCUT2D eigenvalue weighted by molar-refractivity contribution is 6.10. The molecule has 3 N–H and O–H groups in total. The number of nitrogens with two attached hydrogens (primary N) is 1. The maximum absolute atomic E-state index is 13.2. The molecule has 1 atom stereocenters. The summed E-state index contributed by atoms with van der Waals surface area (Å²) in [4.78, 5) is 22.4. The lowest BCUT2D eigenvalue weighted by Gasteiger charge is -2.10. The Kier molecular flexibility index (Phi) is 5.24. The first-order chi connectivity index (χ1) is 15.6. The van der Waals surface area contributed by atoms with Gasteiger partial charge in [0.05, 0.1) is 23.4 Å². The number of aromatic nitrogens is 3. The van der Waals surface area contributed by atoms with Gasteiger partial charge in [-0.15, -0.1) is 0 Å². The van der Waals surface area contributed by atoms with E-state index in [2.05, 4.69) is 20.4 Å². The van der Waals surface area contributed by atoms with Gasteiger partial charge in [-0.05, 0) is 42.7 Å². The number of ether oxygens (including phenoxy) is 1. The van der Waals surface area contributed by atoms with E-state index in [0.29, 0.717) is 40.9 Å². The third kappa shape index (κ3) is 3.78. The highest BCUT2D eigenvalue weighted by Gasteiger charge is 2.25. The van der Waals surface area contributed by atoms with E-state index in [1.165, 1.54) is 23.0 Å². The molecule has 8 nitrogen and oxygen atoms in total. The lowest BCUT2D eigenvalue weighted by Crippen LogP contribution is -2.32. The van der Waals surface area contributed by atoms with Crippen LogP contribution in [0.5, 0.6) is 0 Å². The van der Waals surface area contributed by atoms with Crippen molar-refractivity contribution in [3.8, 4) is 0 Å². The third-order valence-corrected chi connectivity index (χ3v) is 5.41. The lowest BCUT2D eigenvalue weighted by atomic mass is 10.2. The molecule has 0 aliphatic carbocycles. The maximum atomic E-state index is 13.2. The van der Waals surface area contributed by atoms with E-state index in [1.54, 1.807) is 12.1 Å². The molecule has 162 valence electrons. The predicted octanol–water partition coefficient (Wildman–Crippen LogP) is 3.10. The Bertz CT molecular complexity index is 1330. The Morgan fingerprint density at radius 3 is 2.69 bits per heavy atom. The number of rotatable bonds is 5. The fourth-order valence-electron chi connectivity index (χ4n) is 3.76. The van der Waals surface area contributed by atoms with E-state index >= 15 is 0 Å². The number of carbonyl (C=O) groups is 1. The van der Waals surface area contributed by atoms with Crippen LogP contribution in [0.3, 0.4) is 0 Å². The molecule has 1 saturated heterocycles. The van der Waals surface area contributed by atoms with Crippen LogP contribution in [-0.4, -0.2) is 46.0 Å². The standard InChI is InChI=1S/C23H21FN6O2/c24-15-9-7-14(8-10-15)12-27-30-21(25)19(23(31)26-13-16-4-3-11-32-16)20-22(30)29-18-6-2-1-5-17(18)28-20/h1-2,5-10,12,16H,3-4,11,13,25H2,(H,26,31)/b27-12-/t16-/m0/s1. The number of nitrogen functional groups attached to an aromatic ring is 1. The lowest BCUT2D eigenvalue weighted by molar-refractivity contribution is 0.0859. The topological polar surface area (TPSA) is 107 Å². The summed E-state index contributed by atoms with van der Waals surface area (Å²) in [7, 11) is 0. The van der Waals surface area contributed by atoms with Gasteiger partial charge < -0.3 is 15.8 Å². The van der Waals surface area contributed by atoms with Crippen molar-refractivity contribution >= 4 is 40.1 Å². The molecule has 2 aromatic heterocycles. The van der Waals surface area contributed by atoms with Crippen LogP contribution in [-0.2, 0) is 4.74 Å². The fraction of sp³-hybridized carbons (Fsp3) is 0.217. The SMILES string of the molecule is Nc1c(C(=O)NC[C@@H]2CCCO2)c2nc3ccccc3nc2n1/N=C\c1ccc(F)cc1. The molecule has 0 radical (unpaired) electrons. The number of anilines is 1. The second kappa shape index (κ2) is 8.35. The molecule has 1 aliphatic heterocycles. The second-order valence-corrected chi connectivity index (χ2v) is 7.60. The molecule has 0 bridgehead atoms. The van der Waals surface area contributed by atoms with Gasteiger partial charge in [0, 0.05) is 13.2 Å². The van der Waals surface area contributed by atoms with Crippen molar-refractivity contribution < 1.29 is 13.9 Å². The summed E-state index contributed by atoms with van der Waals surface area (Å²) in [6.45, 7) is 1.10. The molecule has 0 unspecified atom stereocenters. The third-order valence-electron chi connectivity index (χ3n) is 5.41. The van der Waals surface area contributed by atoms with Crippen molar-refractivity contribution in [2.45, 2.75) is 18.9 Å². The van der Waals surface area contributed by atoms with Gasteiger partial charge in [-0.25, -0.2) is 14.4 Å². The molecule has 0 saturated carbocycles. The van der Waals surface area contributed by atoms with Gasteiger partial charge in [-0.1, -0.05) is 24.3 Å². The number of benzene rings is 2. The van der Waals surface area contributed by atoms with Crippen molar-refractivity contribution in [1.29, 1.82) is 0 Å². The number of fused-ring (bicyclic) bond motifs is 2. The van der Waals surface area contributed by atoms with E-state index in [0.717, 1.165) is 12.8 Å². The highest BCUT2D eigenvalue weighted by atomic mass is 19.1. The Balaban J connectivity index is 1.58. The van der Waals surface area contributed by atoms with E-state index < -0.39 is 0 Å². The van der Waals surface area contributed by atoms with Gasteiger partial charge in [-0.3, -0.25) is 4.79 Å². The summed E-state index contributed by atoms with van der Waals surface area (Å²) in [5, 5.41) is 7.32. The molecule has 1 fully saturated rings. The number of para-hydroxylation sites is 2. The molecule has 4 aromatic rings. The zero-order valence-electron chi connectivity index (χ0n) is 17.2. The molecule has 9 heteroatoms. The van der Waals surface area contributed by atoms with Crippen LogP contribution in [0.2, 0.25) is 0 Å². The molecule has 1 amide bonds. The first-order valence-corrected chi connectivity index (χ1v) is 10.4. The molecular formula is C23H21FN6O2. The molecule has 0 spiro atoms. The Labute approximate surface area is 182 Å². The van der Waals surface area contributed by atoms with Gasteiger partial charge in [0.25, 0.3) is 5.91 Å². The van der Waals surface area contributed by atoms with E-state index in [9.17, 15) is 9.18 Å². The van der Waals surface area contributed by atoms with E-state index in [-0.39, 0.29) is 29.2 Å². The Morgan fingerprint density at radius 1 is 1.22 bits per heavy atom. The quantitative estimate of drug-likeness (QED) is 0.471. The first-order valence-electron chi connectivity index (χ1n) is 10.4. The summed E-state index contributed by atoms with van der Waals surface area (Å²) < 4.78 is 20.2. The summed E-state index contributed by atoms with van der Waals surface area (Å²) in [5.41, 5.74) is 9.28. The summed E-state index contributed by atoms with van der Waals surface area (Å²) in [5.74, 6) is -0.572. The summed E-state index contributed by atoms with van der Waals surface area (Å²) >= 11 is 0. The number of hydrogen-bond donors (Lipinski definition) is 2. The van der Waals surface area contributed by atoms with Crippen molar-refractivity contribution in [3.05, 3.63) is 65.5 Å². The second-order valence-electron chi connectivity index (χ2n) is 7.60. The minimum Gasteiger partial charge on any atom is -0.383 e. The predicted molar refractivity (Wildman–Crippen MR) is 120 cm³/mol. The van der Waals surface area contributed by atoms with Crippen LogP contribution in [0, 0.1) is 5.82 Å². The Hall–Kier alpha value is -3.85. The average Bonchev–Trinajstić information content (AvgIpc) is 3.41. The maximum Gasteiger partial charge on any atom is 0.257 e. The van der Waals surface area contributed by atoms with Gasteiger partial charge in [0.15, 0.2) is 5.65 Å². The normalized spacial score (nSPS) is 16.3. The number of nitrogens with zero attached hydrogens (tertiary/aromatic N) is 4. The van der Waals surface area contributed by atoms with Crippen LogP contribution in [0.15, 0.2) is 53.6 Å². The fourth-order valence-corrected chi connectivity index (χ4v) is 3.76. The number of halogens is 1. The molecule has 1 aliphatic rings. The minimum absolute atomic E-state index is 0.00284. The van der Waals surface area contributed by atoms with Crippen molar-refractivity contribution in [2.24, 2.45) is 5.10 Å². The van der Waals surface area contributed by atoms with Crippen molar-refractivity contribution in [2.75, 3.05) is 18.9 Å². The zero-order chi connectivity index (χ0) is 22.1. The molecule has 2 aromatic carbocycles. The molecule has 32 heavy (non-hydrogen) atoms. The molecular weight excluding hydrogens is 411 g/mol. The smallest absolute Gasteiger partial charge is 0.257 e. The average molecular weight is 432 g/mol. The number of carbonyl (C=O) groups excluding carboxylic acids is 1. The van der Waals surface area contributed by atoms with Crippen molar-refractivity contribution in [3.63, 3.8) is 0 Å². The van der Waals surface area contributed by atoms with Crippen LogP contribution in [0.1, 0.15) is 28.8 Å². The van der Waals surface area contributed by atoms with Crippen LogP contribution in [0.25, 0.3) is 22.2 Å². The van der Waals surface area contributed by atoms with Crippen LogP contribution < -0.4 is 11.1 Å². The monoisotopic (exact) mass is 432 g/mol. The van der Waals surface area contributed by atoms with Gasteiger partial charge in [-0.2, -0.15) is 9.78 Å². The highest BCUT2D eigenvalue weighted by Crippen LogP contribution is 2.28. The van der Waals surface area contributed by atoms with Gasteiger partial charge in [0.2, 0.25) is 0 Å². The van der Waals surface area contributed by atoms with Crippen LogP contribution in [0.4, 0.5) is 10.2 Å². The Morgan fingerprint density at radius 2 is 1.97 bits per heavy atom. The van der Waals surface area contributed by atoms with Crippen molar-refractivity contribution in [1.82, 2.24) is 20.0 Å². The van der Waals surface area contributed by atoms with Gasteiger partial charge >= 0.3 is 0 Å². The van der Waals surface area contributed by atoms with Crippen LogP contribution >= 0.6 is 0 Å². The van der Waals surface area contributed by atoms with E-state index in [1.807, 2.05) is 24.3 Å². The first kappa shape index (κ1) is 20.1. The largest absolute Gasteiger partial charge is 0.383 e. The number of hydrogen-bond acceptors (Lipinski definition) is 6. The minimum atomic E-state index is -0.358. The molecule has 3 heterocycles. The zero-order valence-corrected chi connectivity index (χ0v) is 17.2. The van der Waals surface area contributed by atoms with E-state index in [4.69, 9.17) is 10.5 Å². The summed E-state index contributed by atoms with van der Waals surface area (Å²) in [6, 6.07) is 13.2. The summed E-state index contributed by atoms with van der Waals surface area (Å²) in [6.07, 6.45) is 3.42.